The highest BCUT2D eigenvalue weighted by Crippen LogP contribution is 1.99. The standard InChI is InChI=1S/C9H14O4/c1-4-13-5-8(7(2)10)9(11)6-12-3/h5H,4,6H2,1-3H3/b8-5-. The number of rotatable bonds is 6. The van der Waals surface area contributed by atoms with Crippen LogP contribution in [0.4, 0.5) is 0 Å². The summed E-state index contributed by atoms with van der Waals surface area (Å²) in [6.07, 6.45) is 1.18. The van der Waals surface area contributed by atoms with E-state index in [4.69, 9.17) is 4.74 Å². The Morgan fingerprint density at radius 2 is 2.00 bits per heavy atom. The third-order valence-electron chi connectivity index (χ3n) is 1.32. The van der Waals surface area contributed by atoms with Gasteiger partial charge in [0.1, 0.15) is 6.61 Å². The summed E-state index contributed by atoms with van der Waals surface area (Å²) in [4.78, 5) is 22.1. The van der Waals surface area contributed by atoms with Crippen LogP contribution in [0, 0.1) is 0 Å². The minimum absolute atomic E-state index is 0.0451. The summed E-state index contributed by atoms with van der Waals surface area (Å²) in [5.74, 6) is -0.668. The van der Waals surface area contributed by atoms with Gasteiger partial charge in [0.05, 0.1) is 18.4 Å². The topological polar surface area (TPSA) is 52.6 Å². The van der Waals surface area contributed by atoms with Gasteiger partial charge in [-0.1, -0.05) is 0 Å². The van der Waals surface area contributed by atoms with Crippen molar-refractivity contribution in [2.75, 3.05) is 20.3 Å². The molecule has 0 aromatic rings. The molecule has 0 atom stereocenters. The molecule has 0 aliphatic heterocycles. The van der Waals surface area contributed by atoms with Crippen molar-refractivity contribution in [1.82, 2.24) is 0 Å². The van der Waals surface area contributed by atoms with Gasteiger partial charge in [-0.05, 0) is 13.8 Å². The second-order valence-corrected chi connectivity index (χ2v) is 2.40. The largest absolute Gasteiger partial charge is 0.501 e. The Kier molecular flexibility index (Phi) is 5.80. The molecule has 0 rings (SSSR count). The summed E-state index contributed by atoms with van der Waals surface area (Å²) in [5, 5.41) is 0. The van der Waals surface area contributed by atoms with E-state index in [0.717, 1.165) is 0 Å². The molecule has 4 nitrogen and oxygen atoms in total. The van der Waals surface area contributed by atoms with Crippen LogP contribution < -0.4 is 0 Å². The lowest BCUT2D eigenvalue weighted by Crippen LogP contribution is -2.15. The van der Waals surface area contributed by atoms with E-state index >= 15 is 0 Å². The van der Waals surface area contributed by atoms with Crippen LogP contribution in [0.3, 0.4) is 0 Å². The van der Waals surface area contributed by atoms with Crippen LogP contribution >= 0.6 is 0 Å². The van der Waals surface area contributed by atoms with Gasteiger partial charge in [0.2, 0.25) is 0 Å². The minimum Gasteiger partial charge on any atom is -0.501 e. The average Bonchev–Trinajstić information content (AvgIpc) is 2.05. The molecule has 13 heavy (non-hydrogen) atoms. The molecule has 0 spiro atoms. The molecule has 0 N–H and O–H groups in total. The summed E-state index contributed by atoms with van der Waals surface area (Å²) in [7, 11) is 1.40. The highest BCUT2D eigenvalue weighted by atomic mass is 16.5. The van der Waals surface area contributed by atoms with Crippen molar-refractivity contribution < 1.29 is 19.1 Å². The lowest BCUT2D eigenvalue weighted by molar-refractivity contribution is -0.123. The predicted molar refractivity (Wildman–Crippen MR) is 47.3 cm³/mol. The molecule has 0 aliphatic rings. The van der Waals surface area contributed by atoms with Gasteiger partial charge < -0.3 is 9.47 Å². The first-order valence-electron chi connectivity index (χ1n) is 3.98. The first kappa shape index (κ1) is 11.8. The molecule has 0 bridgehead atoms. The molecule has 0 amide bonds. The Balaban J connectivity index is 4.41. The van der Waals surface area contributed by atoms with E-state index in [-0.39, 0.29) is 23.7 Å². The second kappa shape index (κ2) is 6.37. The van der Waals surface area contributed by atoms with Crippen molar-refractivity contribution >= 4 is 11.6 Å². The molecular formula is C9H14O4. The number of hydrogen-bond donors (Lipinski definition) is 0. The van der Waals surface area contributed by atoms with E-state index < -0.39 is 0 Å². The highest BCUT2D eigenvalue weighted by Gasteiger charge is 2.14. The normalized spacial score (nSPS) is 11.2. The number of Topliss-reactive ketones (excluding diaryl/α,β-unsaturated/α-hetero) is 2. The van der Waals surface area contributed by atoms with Gasteiger partial charge in [0.15, 0.2) is 11.6 Å². The van der Waals surface area contributed by atoms with Crippen molar-refractivity contribution in [3.05, 3.63) is 11.8 Å². The summed E-state index contributed by atoms with van der Waals surface area (Å²) in [6.45, 7) is 3.42. The van der Waals surface area contributed by atoms with Crippen molar-refractivity contribution in [3.63, 3.8) is 0 Å². The average molecular weight is 186 g/mol. The Labute approximate surface area is 77.5 Å². The van der Waals surface area contributed by atoms with Gasteiger partial charge >= 0.3 is 0 Å². The van der Waals surface area contributed by atoms with Crippen LogP contribution in [0.2, 0.25) is 0 Å². The number of ether oxygens (including phenoxy) is 2. The summed E-state index contributed by atoms with van der Waals surface area (Å²) < 4.78 is 9.48. The zero-order valence-corrected chi connectivity index (χ0v) is 8.12. The van der Waals surface area contributed by atoms with Crippen LogP contribution in [0.15, 0.2) is 11.8 Å². The fourth-order valence-electron chi connectivity index (χ4n) is 0.721. The molecule has 0 radical (unpaired) electrons. The molecule has 0 aliphatic carbocycles. The van der Waals surface area contributed by atoms with E-state index in [2.05, 4.69) is 4.74 Å². The molecule has 74 valence electrons. The van der Waals surface area contributed by atoms with Crippen LogP contribution in [0.1, 0.15) is 13.8 Å². The summed E-state index contributed by atoms with van der Waals surface area (Å²) in [6, 6.07) is 0. The summed E-state index contributed by atoms with van der Waals surface area (Å²) in [5.41, 5.74) is 0.0451. The van der Waals surface area contributed by atoms with Crippen LogP contribution in [0.5, 0.6) is 0 Å². The Morgan fingerprint density at radius 3 is 2.38 bits per heavy atom. The van der Waals surface area contributed by atoms with E-state index in [1.165, 1.54) is 20.3 Å². The molecule has 0 unspecified atom stereocenters. The molecule has 0 saturated carbocycles. The van der Waals surface area contributed by atoms with E-state index in [1.54, 1.807) is 6.92 Å². The third-order valence-corrected chi connectivity index (χ3v) is 1.32. The summed E-state index contributed by atoms with van der Waals surface area (Å²) >= 11 is 0. The number of carbonyl (C=O) groups is 2. The Bertz CT molecular complexity index is 218. The number of ketones is 2. The molecule has 0 aromatic heterocycles. The van der Waals surface area contributed by atoms with Crippen LogP contribution in [-0.2, 0) is 19.1 Å². The van der Waals surface area contributed by atoms with E-state index in [1.807, 2.05) is 0 Å². The van der Waals surface area contributed by atoms with Crippen molar-refractivity contribution in [1.29, 1.82) is 0 Å². The zero-order chi connectivity index (χ0) is 10.3. The molecule has 0 saturated heterocycles. The van der Waals surface area contributed by atoms with Gasteiger partial charge in [0, 0.05) is 7.11 Å². The highest BCUT2D eigenvalue weighted by molar-refractivity contribution is 6.19. The number of carbonyl (C=O) groups excluding carboxylic acids is 2. The van der Waals surface area contributed by atoms with Crippen molar-refractivity contribution in [2.24, 2.45) is 0 Å². The maximum Gasteiger partial charge on any atom is 0.195 e. The molecule has 0 heterocycles. The number of hydrogen-bond acceptors (Lipinski definition) is 4. The lowest BCUT2D eigenvalue weighted by atomic mass is 10.1. The van der Waals surface area contributed by atoms with E-state index in [0.29, 0.717) is 6.61 Å². The van der Waals surface area contributed by atoms with Gasteiger partial charge in [0.25, 0.3) is 0 Å². The minimum atomic E-state index is -0.358. The number of methoxy groups -OCH3 is 1. The second-order valence-electron chi connectivity index (χ2n) is 2.40. The Hall–Kier alpha value is -1.16. The fourth-order valence-corrected chi connectivity index (χ4v) is 0.721. The predicted octanol–water partition coefficient (Wildman–Crippen LogP) is 0.711. The van der Waals surface area contributed by atoms with Crippen LogP contribution in [-0.4, -0.2) is 31.9 Å². The van der Waals surface area contributed by atoms with Gasteiger partial charge in [-0.25, -0.2) is 0 Å². The first-order chi connectivity index (χ1) is 6.13. The van der Waals surface area contributed by atoms with Gasteiger partial charge in [-0.15, -0.1) is 0 Å². The molecule has 4 heteroatoms. The fraction of sp³-hybridized carbons (Fsp3) is 0.556. The molecular weight excluding hydrogens is 172 g/mol. The van der Waals surface area contributed by atoms with Crippen LogP contribution in [0.25, 0.3) is 0 Å². The lowest BCUT2D eigenvalue weighted by Gasteiger charge is -2.01. The van der Waals surface area contributed by atoms with Gasteiger partial charge in [-0.3, -0.25) is 9.59 Å². The quantitative estimate of drug-likeness (QED) is 0.265. The van der Waals surface area contributed by atoms with Gasteiger partial charge in [-0.2, -0.15) is 0 Å². The Morgan fingerprint density at radius 1 is 1.38 bits per heavy atom. The molecule has 0 fully saturated rings. The monoisotopic (exact) mass is 186 g/mol. The first-order valence-corrected chi connectivity index (χ1v) is 3.98. The SMILES string of the molecule is CCO/C=C(/C(C)=O)C(=O)COC. The maximum atomic E-state index is 11.2. The third kappa shape index (κ3) is 4.42. The van der Waals surface area contributed by atoms with E-state index in [9.17, 15) is 9.59 Å². The maximum absolute atomic E-state index is 11.2. The molecule has 0 aromatic carbocycles. The van der Waals surface area contributed by atoms with Crippen molar-refractivity contribution in [2.45, 2.75) is 13.8 Å². The smallest absolute Gasteiger partial charge is 0.195 e. The van der Waals surface area contributed by atoms with Crippen molar-refractivity contribution in [3.8, 4) is 0 Å². The zero-order valence-electron chi connectivity index (χ0n) is 8.12.